The number of carbonyl (C=O) groups is 1. The average Bonchev–Trinajstić information content (AvgIpc) is 3.10. The average molecular weight is 496 g/mol. The van der Waals surface area contributed by atoms with Crippen LogP contribution in [0, 0.1) is 0 Å². The zero-order valence-corrected chi connectivity index (χ0v) is 19.0. The number of hydrogen-bond acceptors (Lipinski definition) is 10. The van der Waals surface area contributed by atoms with E-state index in [1.54, 1.807) is 72.9 Å². The highest BCUT2D eigenvalue weighted by Crippen LogP contribution is 2.51. The van der Waals surface area contributed by atoms with Gasteiger partial charge in [-0.2, -0.15) is 0 Å². The molecule has 1 amide bonds. The molecule has 6 aliphatic heterocycles. The molecule has 11 nitrogen and oxygen atoms in total. The van der Waals surface area contributed by atoms with E-state index in [4.69, 9.17) is 38.0 Å². The maximum atomic E-state index is 13.3. The molecule has 6 heterocycles. The van der Waals surface area contributed by atoms with Gasteiger partial charge in [0.15, 0.2) is 0 Å². The van der Waals surface area contributed by atoms with E-state index >= 15 is 0 Å². The second kappa shape index (κ2) is 9.45. The van der Waals surface area contributed by atoms with Crippen LogP contribution in [0.2, 0.25) is 0 Å². The molecule has 0 saturated carbocycles. The number of rotatable bonds is 8. The second-order valence-electron chi connectivity index (χ2n) is 8.26. The lowest BCUT2D eigenvalue weighted by Gasteiger charge is -2.49. The minimum atomic E-state index is -1.73. The molecule has 0 aromatic carbocycles. The van der Waals surface area contributed by atoms with Crippen molar-refractivity contribution >= 4 is 5.91 Å². The zero-order valence-electron chi connectivity index (χ0n) is 19.0. The van der Waals surface area contributed by atoms with Crippen LogP contribution in [0.25, 0.3) is 0 Å². The smallest absolute Gasteiger partial charge is 0.272 e. The van der Waals surface area contributed by atoms with Crippen LogP contribution in [0.4, 0.5) is 0 Å². The fourth-order valence-corrected chi connectivity index (χ4v) is 4.40. The van der Waals surface area contributed by atoms with Crippen molar-refractivity contribution in [3.05, 3.63) is 98.0 Å². The number of fused-ring (bicyclic) bond motifs is 1. The van der Waals surface area contributed by atoms with E-state index in [0.29, 0.717) is 0 Å². The quantitative estimate of drug-likeness (QED) is 0.397. The van der Waals surface area contributed by atoms with Crippen molar-refractivity contribution in [1.29, 1.82) is 0 Å². The van der Waals surface area contributed by atoms with Crippen molar-refractivity contribution < 1.29 is 42.8 Å². The van der Waals surface area contributed by atoms with E-state index in [1.807, 2.05) is 0 Å². The maximum Gasteiger partial charge on any atom is 0.272 e. The number of hydrogen-bond donors (Lipinski definition) is 1. The fraction of sp³-hybridized carbons (Fsp3) is 0.320. The Bertz CT molecular complexity index is 1070. The van der Waals surface area contributed by atoms with Gasteiger partial charge in [0.1, 0.15) is 0 Å². The van der Waals surface area contributed by atoms with Crippen LogP contribution in [0.5, 0.6) is 0 Å². The molecular weight excluding hydrogens is 472 g/mol. The number of ether oxygens (including phenoxy) is 7. The van der Waals surface area contributed by atoms with Gasteiger partial charge >= 0.3 is 0 Å². The summed E-state index contributed by atoms with van der Waals surface area (Å²) in [7, 11) is 0. The van der Waals surface area contributed by atoms with Crippen LogP contribution in [-0.4, -0.2) is 53.8 Å². The van der Waals surface area contributed by atoms with Gasteiger partial charge in [-0.15, -0.1) is 0 Å². The Morgan fingerprint density at radius 1 is 0.694 bits per heavy atom. The summed E-state index contributed by atoms with van der Waals surface area (Å²) >= 11 is 0. The summed E-state index contributed by atoms with van der Waals surface area (Å²) in [5.74, 6) is -2.18. The molecule has 36 heavy (non-hydrogen) atoms. The summed E-state index contributed by atoms with van der Waals surface area (Å²) in [6, 6.07) is -0.595. The summed E-state index contributed by atoms with van der Waals surface area (Å²) in [5.41, 5.74) is -1.68. The van der Waals surface area contributed by atoms with Gasteiger partial charge in [0, 0.05) is 6.42 Å². The molecule has 6 atom stereocenters. The second-order valence-corrected chi connectivity index (χ2v) is 8.26. The Morgan fingerprint density at radius 2 is 1.17 bits per heavy atom. The van der Waals surface area contributed by atoms with Crippen LogP contribution in [0.1, 0.15) is 6.42 Å². The molecule has 6 aliphatic rings. The third kappa shape index (κ3) is 4.06. The van der Waals surface area contributed by atoms with Crippen molar-refractivity contribution in [3.63, 3.8) is 0 Å². The number of nitrogens with one attached hydrogen (secondary N) is 1. The van der Waals surface area contributed by atoms with Gasteiger partial charge in [0.2, 0.25) is 25.2 Å². The number of amides is 1. The maximum absolute atomic E-state index is 13.3. The van der Waals surface area contributed by atoms with E-state index in [2.05, 4.69) is 5.32 Å². The van der Waals surface area contributed by atoms with Gasteiger partial charge in [-0.3, -0.25) is 14.3 Å². The van der Waals surface area contributed by atoms with Gasteiger partial charge in [-0.1, -0.05) is 29.4 Å². The van der Waals surface area contributed by atoms with Gasteiger partial charge in [-0.05, 0) is 48.6 Å². The van der Waals surface area contributed by atoms with Crippen molar-refractivity contribution in [3.8, 4) is 0 Å². The summed E-state index contributed by atoms with van der Waals surface area (Å²) in [5, 5.41) is 4.12. The first-order chi connectivity index (χ1) is 17.7. The van der Waals surface area contributed by atoms with Gasteiger partial charge in [0.05, 0.1) is 31.1 Å². The van der Waals surface area contributed by atoms with E-state index in [1.165, 1.54) is 30.1 Å². The molecule has 0 spiro atoms. The number of carbonyl (C=O) groups excluding carboxylic acids is 1. The lowest BCUT2D eigenvalue weighted by atomic mass is 9.95. The number of hydroxylamine groups is 2. The van der Waals surface area contributed by atoms with Crippen LogP contribution in [0.3, 0.4) is 0 Å². The topological polar surface area (TPSA) is 106 Å². The predicted octanol–water partition coefficient (Wildman–Crippen LogP) is 2.23. The van der Waals surface area contributed by atoms with E-state index < -0.39 is 48.7 Å². The molecule has 0 radical (unpaired) electrons. The number of nitrogens with zero attached hydrogens (tertiary/aromatic N) is 1. The first-order valence-electron chi connectivity index (χ1n) is 11.4. The molecule has 2 fully saturated rings. The number of β-lactam (4-membered cyclic amide) rings is 1. The van der Waals surface area contributed by atoms with E-state index in [0.717, 1.165) is 0 Å². The Balaban J connectivity index is 1.39. The Kier molecular flexibility index (Phi) is 5.99. The van der Waals surface area contributed by atoms with Gasteiger partial charge in [0.25, 0.3) is 17.5 Å². The van der Waals surface area contributed by atoms with Crippen LogP contribution in [0.15, 0.2) is 98.0 Å². The highest BCUT2D eigenvalue weighted by molar-refractivity contribution is 5.93. The third-order valence-electron chi connectivity index (χ3n) is 5.96. The van der Waals surface area contributed by atoms with Crippen LogP contribution < -0.4 is 5.32 Å². The Hall–Kier alpha value is -3.61. The van der Waals surface area contributed by atoms with Gasteiger partial charge < -0.3 is 29.0 Å². The first-order valence-corrected chi connectivity index (χ1v) is 11.4. The molecule has 5 unspecified atom stereocenters. The summed E-state index contributed by atoms with van der Waals surface area (Å²) < 4.78 is 41.4. The highest BCUT2D eigenvalue weighted by atomic mass is 16.9. The molecule has 11 heteroatoms. The molecule has 0 bridgehead atoms. The summed E-state index contributed by atoms with van der Waals surface area (Å²) in [6.45, 7) is 0. The molecule has 6 rings (SSSR count). The summed E-state index contributed by atoms with van der Waals surface area (Å²) in [6.07, 6.45) is 23.2. The monoisotopic (exact) mass is 496 g/mol. The summed E-state index contributed by atoms with van der Waals surface area (Å²) in [4.78, 5) is 19.5. The zero-order chi connectivity index (χ0) is 24.4. The molecule has 0 aliphatic carbocycles. The Labute approximate surface area is 206 Å². The molecule has 188 valence electrons. The van der Waals surface area contributed by atoms with Crippen molar-refractivity contribution in [2.24, 2.45) is 0 Å². The molecular formula is C25H24N2O9. The molecule has 1 N–H and O–H groups in total. The van der Waals surface area contributed by atoms with Crippen molar-refractivity contribution in [1.82, 2.24) is 10.4 Å². The van der Waals surface area contributed by atoms with Crippen molar-refractivity contribution in [2.45, 2.75) is 49.3 Å². The first kappa shape index (κ1) is 22.8. The number of allylic oxidation sites excluding steroid dienone is 8. The van der Waals surface area contributed by atoms with Gasteiger partial charge in [-0.25, -0.2) is 4.84 Å². The highest BCUT2D eigenvalue weighted by Gasteiger charge is 2.77. The standard InChI is InChI=1S/C25H24N2O9/c28-23-25(35-21-11-3-7-15-31-21)18(26-23)17-24(33-19-9-1-5-13-29-19,34-20-10-2-6-14-30-20)27(25)36-22-12-4-8-16-32-22/h1-16,18-22H,17H2,(H,26,28)/t18?,19?,20?,21?,22?,24?,25-/m0/s1. The lowest BCUT2D eigenvalue weighted by Crippen LogP contribution is -2.78. The van der Waals surface area contributed by atoms with E-state index in [9.17, 15) is 4.79 Å². The predicted molar refractivity (Wildman–Crippen MR) is 121 cm³/mol. The normalized spacial score (nSPS) is 39.6. The van der Waals surface area contributed by atoms with E-state index in [-0.39, 0.29) is 6.42 Å². The molecule has 0 aromatic rings. The van der Waals surface area contributed by atoms with Crippen LogP contribution >= 0.6 is 0 Å². The minimum absolute atomic E-state index is 0.103. The van der Waals surface area contributed by atoms with Crippen molar-refractivity contribution in [2.75, 3.05) is 0 Å². The minimum Gasteiger partial charge on any atom is -0.469 e. The molecule has 2 saturated heterocycles. The SMILES string of the molecule is O=C1NC2CC(OC3C=CC=CO3)(OC3C=CC=CO3)N(OC3C=CC=CO3)[C@@]12OC1C=CC=CO1. The Morgan fingerprint density at radius 3 is 1.61 bits per heavy atom. The third-order valence-corrected chi connectivity index (χ3v) is 5.96. The fourth-order valence-electron chi connectivity index (χ4n) is 4.40. The van der Waals surface area contributed by atoms with Crippen LogP contribution in [-0.2, 0) is 42.8 Å². The largest absolute Gasteiger partial charge is 0.469 e. The molecule has 0 aromatic heterocycles. The lowest BCUT2D eigenvalue weighted by molar-refractivity contribution is -0.484.